The first-order valence-electron chi connectivity index (χ1n) is 3.52. The molecule has 0 fully saturated rings. The highest BCUT2D eigenvalue weighted by atomic mass is 14.9. The molecule has 0 aliphatic heterocycles. The topological polar surface area (TPSA) is 64.9 Å². The highest BCUT2D eigenvalue weighted by Gasteiger charge is 2.05. The molecule has 60 valence electrons. The maximum Gasteiger partial charge on any atom is 0.128 e. The van der Waals surface area contributed by atoms with E-state index >= 15 is 0 Å². The van der Waals surface area contributed by atoms with Gasteiger partial charge in [0.25, 0.3) is 0 Å². The van der Waals surface area contributed by atoms with Gasteiger partial charge in [-0.25, -0.2) is 4.98 Å². The molecule has 1 aromatic heterocycles. The summed E-state index contributed by atoms with van der Waals surface area (Å²) in [5.41, 5.74) is 14.9. The maximum atomic E-state index is 5.76. The molecule has 0 spiro atoms. The van der Waals surface area contributed by atoms with Crippen molar-refractivity contribution in [1.29, 1.82) is 0 Å². The van der Waals surface area contributed by atoms with E-state index in [9.17, 15) is 0 Å². The van der Waals surface area contributed by atoms with Crippen LogP contribution in [0.3, 0.4) is 0 Å². The summed E-state index contributed by atoms with van der Waals surface area (Å²) < 4.78 is 0. The minimum Gasteiger partial charge on any atom is -0.398 e. The third-order valence-corrected chi connectivity index (χ3v) is 2.02. The molecule has 4 N–H and O–H groups in total. The van der Waals surface area contributed by atoms with Crippen molar-refractivity contribution in [3.8, 4) is 0 Å². The number of rotatable bonds is 0. The van der Waals surface area contributed by atoms with Crippen LogP contribution in [0.15, 0.2) is 0 Å². The SMILES string of the molecule is Cc1nc(N)c(C)c(N)c1C. The third kappa shape index (κ3) is 1.13. The lowest BCUT2D eigenvalue weighted by molar-refractivity contribution is 1.14. The van der Waals surface area contributed by atoms with E-state index in [4.69, 9.17) is 11.5 Å². The van der Waals surface area contributed by atoms with Crippen LogP contribution in [0.4, 0.5) is 11.5 Å². The van der Waals surface area contributed by atoms with Gasteiger partial charge in [0, 0.05) is 16.9 Å². The lowest BCUT2D eigenvalue weighted by atomic mass is 10.1. The second-order valence-electron chi connectivity index (χ2n) is 2.75. The van der Waals surface area contributed by atoms with Gasteiger partial charge in [-0.2, -0.15) is 0 Å². The van der Waals surface area contributed by atoms with E-state index in [1.807, 2.05) is 20.8 Å². The Balaban J connectivity index is 3.46. The van der Waals surface area contributed by atoms with Crippen LogP contribution in [-0.4, -0.2) is 4.98 Å². The first-order valence-corrected chi connectivity index (χ1v) is 3.52. The van der Waals surface area contributed by atoms with Crippen LogP contribution >= 0.6 is 0 Å². The van der Waals surface area contributed by atoms with Crippen LogP contribution in [0.25, 0.3) is 0 Å². The Hall–Kier alpha value is -1.25. The van der Waals surface area contributed by atoms with E-state index in [0.29, 0.717) is 5.82 Å². The number of nitrogens with zero attached hydrogens (tertiary/aromatic N) is 1. The molecule has 0 saturated carbocycles. The number of hydrogen-bond donors (Lipinski definition) is 2. The lowest BCUT2D eigenvalue weighted by Gasteiger charge is -2.08. The van der Waals surface area contributed by atoms with Crippen LogP contribution in [0.5, 0.6) is 0 Å². The van der Waals surface area contributed by atoms with Gasteiger partial charge in [-0.05, 0) is 26.3 Å². The zero-order valence-corrected chi connectivity index (χ0v) is 7.10. The van der Waals surface area contributed by atoms with Gasteiger partial charge in [0.05, 0.1) is 0 Å². The number of nitrogen functional groups attached to an aromatic ring is 2. The second kappa shape index (κ2) is 2.42. The standard InChI is InChI=1S/C8H13N3/c1-4-6(3)11-8(10)5(2)7(4)9/h1-3H3,(H4,9,10,11). The highest BCUT2D eigenvalue weighted by Crippen LogP contribution is 2.21. The average Bonchev–Trinajstić information content (AvgIpc) is 1.97. The molecule has 0 aliphatic carbocycles. The zero-order valence-electron chi connectivity index (χ0n) is 7.10. The summed E-state index contributed by atoms with van der Waals surface area (Å²) >= 11 is 0. The van der Waals surface area contributed by atoms with Crippen molar-refractivity contribution in [1.82, 2.24) is 4.98 Å². The van der Waals surface area contributed by atoms with Crippen LogP contribution in [0.1, 0.15) is 16.8 Å². The number of pyridine rings is 1. The molecule has 0 aromatic carbocycles. The fraction of sp³-hybridized carbons (Fsp3) is 0.375. The van der Waals surface area contributed by atoms with Gasteiger partial charge in [-0.1, -0.05) is 0 Å². The van der Waals surface area contributed by atoms with E-state index in [1.54, 1.807) is 0 Å². The maximum absolute atomic E-state index is 5.76. The first kappa shape index (κ1) is 7.85. The predicted octanol–water partition coefficient (Wildman–Crippen LogP) is 1.17. The minimum atomic E-state index is 0.533. The Morgan fingerprint density at radius 1 is 1.00 bits per heavy atom. The van der Waals surface area contributed by atoms with Crippen molar-refractivity contribution in [3.05, 3.63) is 16.8 Å². The van der Waals surface area contributed by atoms with Gasteiger partial charge in [-0.3, -0.25) is 0 Å². The summed E-state index contributed by atoms with van der Waals surface area (Å²) in [5.74, 6) is 0.533. The van der Waals surface area contributed by atoms with E-state index < -0.39 is 0 Å². The molecular formula is C8H13N3. The number of nitrogens with two attached hydrogens (primary N) is 2. The quantitative estimate of drug-likeness (QED) is 0.585. The number of aryl methyl sites for hydroxylation is 1. The normalized spacial score (nSPS) is 10.1. The van der Waals surface area contributed by atoms with Crippen LogP contribution in [0.2, 0.25) is 0 Å². The summed E-state index contributed by atoms with van der Waals surface area (Å²) in [6.07, 6.45) is 0. The van der Waals surface area contributed by atoms with E-state index in [0.717, 1.165) is 22.5 Å². The molecule has 1 heterocycles. The van der Waals surface area contributed by atoms with Crippen molar-refractivity contribution < 1.29 is 0 Å². The molecule has 1 rings (SSSR count). The van der Waals surface area contributed by atoms with E-state index in [1.165, 1.54) is 0 Å². The molecule has 3 nitrogen and oxygen atoms in total. The molecule has 0 radical (unpaired) electrons. The number of aromatic nitrogens is 1. The fourth-order valence-electron chi connectivity index (χ4n) is 0.963. The first-order chi connectivity index (χ1) is 5.04. The number of hydrogen-bond acceptors (Lipinski definition) is 3. The average molecular weight is 151 g/mol. The molecule has 0 atom stereocenters. The Morgan fingerprint density at radius 2 is 1.55 bits per heavy atom. The summed E-state index contributed by atoms with van der Waals surface area (Å²) in [6, 6.07) is 0. The second-order valence-corrected chi connectivity index (χ2v) is 2.75. The van der Waals surface area contributed by atoms with E-state index in [2.05, 4.69) is 4.98 Å². The van der Waals surface area contributed by atoms with Gasteiger partial charge in [0.15, 0.2) is 0 Å². The zero-order chi connectivity index (χ0) is 8.59. The van der Waals surface area contributed by atoms with E-state index in [-0.39, 0.29) is 0 Å². The fourth-order valence-corrected chi connectivity index (χ4v) is 0.963. The summed E-state index contributed by atoms with van der Waals surface area (Å²) in [5, 5.41) is 0. The molecule has 1 aromatic rings. The predicted molar refractivity (Wildman–Crippen MR) is 47.3 cm³/mol. The summed E-state index contributed by atoms with van der Waals surface area (Å²) in [7, 11) is 0. The van der Waals surface area contributed by atoms with Crippen LogP contribution in [0, 0.1) is 20.8 Å². The van der Waals surface area contributed by atoms with Gasteiger partial charge < -0.3 is 11.5 Å². The molecule has 0 unspecified atom stereocenters. The largest absolute Gasteiger partial charge is 0.398 e. The molecule has 3 heteroatoms. The Kier molecular flexibility index (Phi) is 1.72. The van der Waals surface area contributed by atoms with Crippen molar-refractivity contribution >= 4 is 11.5 Å². The highest BCUT2D eigenvalue weighted by molar-refractivity contribution is 5.62. The smallest absolute Gasteiger partial charge is 0.128 e. The van der Waals surface area contributed by atoms with Gasteiger partial charge in [0.2, 0.25) is 0 Å². The Labute approximate surface area is 66.4 Å². The van der Waals surface area contributed by atoms with Gasteiger partial charge in [0.1, 0.15) is 5.82 Å². The van der Waals surface area contributed by atoms with Crippen molar-refractivity contribution in [2.24, 2.45) is 0 Å². The van der Waals surface area contributed by atoms with Gasteiger partial charge in [-0.15, -0.1) is 0 Å². The van der Waals surface area contributed by atoms with Crippen molar-refractivity contribution in [2.45, 2.75) is 20.8 Å². The molecule has 0 aliphatic rings. The Bertz CT molecular complexity index is 266. The third-order valence-electron chi connectivity index (χ3n) is 2.02. The summed E-state index contributed by atoms with van der Waals surface area (Å²) in [6.45, 7) is 5.73. The monoisotopic (exact) mass is 151 g/mol. The molecular weight excluding hydrogens is 138 g/mol. The van der Waals surface area contributed by atoms with Crippen LogP contribution < -0.4 is 11.5 Å². The lowest BCUT2D eigenvalue weighted by Crippen LogP contribution is -2.03. The molecule has 0 saturated heterocycles. The minimum absolute atomic E-state index is 0.533. The Morgan fingerprint density at radius 3 is 2.09 bits per heavy atom. The number of anilines is 2. The molecule has 11 heavy (non-hydrogen) atoms. The summed E-state index contributed by atoms with van der Waals surface area (Å²) in [4.78, 5) is 4.13. The van der Waals surface area contributed by atoms with Crippen LogP contribution in [-0.2, 0) is 0 Å². The molecule has 0 bridgehead atoms. The van der Waals surface area contributed by atoms with Gasteiger partial charge >= 0.3 is 0 Å². The molecule has 0 amide bonds. The van der Waals surface area contributed by atoms with Crippen molar-refractivity contribution in [2.75, 3.05) is 11.5 Å². The van der Waals surface area contributed by atoms with Crippen molar-refractivity contribution in [3.63, 3.8) is 0 Å².